The Bertz CT molecular complexity index is 483. The first-order chi connectivity index (χ1) is 7.79. The van der Waals surface area contributed by atoms with E-state index in [4.69, 9.17) is 0 Å². The Balaban J connectivity index is 2.67. The average Bonchev–Trinajstić information content (AvgIpc) is 2.18. The Kier molecular flexibility index (Phi) is 5.50. The maximum atomic E-state index is 11.0. The van der Waals surface area contributed by atoms with Gasteiger partial charge in [-0.1, -0.05) is 6.07 Å². The molecule has 3 nitrogen and oxygen atoms in total. The summed E-state index contributed by atoms with van der Waals surface area (Å²) >= 11 is 4.90. The van der Waals surface area contributed by atoms with Crippen LogP contribution in [-0.2, 0) is 9.84 Å². The molecule has 1 atom stereocenters. The molecule has 0 saturated heterocycles. The maximum absolute atomic E-state index is 11.0. The van der Waals surface area contributed by atoms with Crippen molar-refractivity contribution < 1.29 is 13.5 Å². The molecule has 0 aliphatic heterocycles. The van der Waals surface area contributed by atoms with Gasteiger partial charge in [0.05, 0.1) is 11.9 Å². The monoisotopic (exact) mass is 338 g/mol. The lowest BCUT2D eigenvalue weighted by molar-refractivity contribution is 0.199. The van der Waals surface area contributed by atoms with Gasteiger partial charge in [0.1, 0.15) is 9.84 Å². The lowest BCUT2D eigenvalue weighted by Crippen LogP contribution is -2.05. The van der Waals surface area contributed by atoms with Crippen LogP contribution >= 0.6 is 27.7 Å². The van der Waals surface area contributed by atoms with Gasteiger partial charge in [-0.25, -0.2) is 8.42 Å². The number of thioether (sulfide) groups is 1. The molecule has 0 aromatic heterocycles. The first kappa shape index (κ1) is 15.0. The smallest absolute Gasteiger partial charge is 0.148 e. The SMILES string of the molecule is CC(O)c1ccc(SCCS(C)(=O)=O)c(Br)c1. The van der Waals surface area contributed by atoms with Crippen molar-refractivity contribution in [3.8, 4) is 0 Å². The summed E-state index contributed by atoms with van der Waals surface area (Å²) in [5.41, 5.74) is 0.837. The van der Waals surface area contributed by atoms with Crippen molar-refractivity contribution in [1.29, 1.82) is 0 Å². The van der Waals surface area contributed by atoms with Crippen LogP contribution in [-0.4, -0.2) is 31.3 Å². The van der Waals surface area contributed by atoms with E-state index in [0.717, 1.165) is 14.9 Å². The fraction of sp³-hybridized carbons (Fsp3) is 0.455. The second-order valence-electron chi connectivity index (χ2n) is 3.84. The number of halogens is 1. The molecule has 1 N–H and O–H groups in total. The Morgan fingerprint density at radius 1 is 1.47 bits per heavy atom. The van der Waals surface area contributed by atoms with E-state index in [9.17, 15) is 13.5 Å². The van der Waals surface area contributed by atoms with Crippen LogP contribution in [0.5, 0.6) is 0 Å². The molecular formula is C11H15BrO3S2. The molecule has 96 valence electrons. The highest BCUT2D eigenvalue weighted by atomic mass is 79.9. The fourth-order valence-electron chi connectivity index (χ4n) is 1.20. The van der Waals surface area contributed by atoms with Gasteiger partial charge in [0.25, 0.3) is 0 Å². The Hall–Kier alpha value is -0.0400. The van der Waals surface area contributed by atoms with E-state index in [1.165, 1.54) is 18.0 Å². The molecule has 0 saturated carbocycles. The van der Waals surface area contributed by atoms with E-state index in [1.54, 1.807) is 6.92 Å². The quantitative estimate of drug-likeness (QED) is 0.838. The van der Waals surface area contributed by atoms with Gasteiger partial charge in [0.2, 0.25) is 0 Å². The zero-order valence-corrected chi connectivity index (χ0v) is 12.9. The molecule has 0 radical (unpaired) electrons. The van der Waals surface area contributed by atoms with Crippen LogP contribution in [0.25, 0.3) is 0 Å². The summed E-state index contributed by atoms with van der Waals surface area (Å²) in [6.07, 6.45) is 0.737. The molecule has 1 aromatic carbocycles. The molecule has 0 heterocycles. The van der Waals surface area contributed by atoms with Gasteiger partial charge in [-0.05, 0) is 40.5 Å². The van der Waals surface area contributed by atoms with Crippen LogP contribution in [0.2, 0.25) is 0 Å². The van der Waals surface area contributed by atoms with Crippen molar-refractivity contribution in [2.75, 3.05) is 17.8 Å². The number of benzene rings is 1. The van der Waals surface area contributed by atoms with Crippen LogP contribution in [0, 0.1) is 0 Å². The minimum absolute atomic E-state index is 0.169. The summed E-state index contributed by atoms with van der Waals surface area (Å²) < 4.78 is 22.9. The highest BCUT2D eigenvalue weighted by Gasteiger charge is 2.07. The molecule has 1 unspecified atom stereocenters. The van der Waals surface area contributed by atoms with Gasteiger partial charge in [0.15, 0.2) is 0 Å². The summed E-state index contributed by atoms with van der Waals surface area (Å²) in [5, 5.41) is 9.41. The number of aliphatic hydroxyl groups excluding tert-OH is 1. The van der Waals surface area contributed by atoms with Gasteiger partial charge in [-0.15, -0.1) is 11.8 Å². The van der Waals surface area contributed by atoms with Crippen molar-refractivity contribution in [2.45, 2.75) is 17.9 Å². The van der Waals surface area contributed by atoms with E-state index >= 15 is 0 Å². The van der Waals surface area contributed by atoms with Gasteiger partial charge >= 0.3 is 0 Å². The Labute approximate surface area is 115 Å². The molecule has 0 fully saturated rings. The lowest BCUT2D eigenvalue weighted by Gasteiger charge is -2.08. The van der Waals surface area contributed by atoms with Crippen LogP contribution in [0.4, 0.5) is 0 Å². The van der Waals surface area contributed by atoms with E-state index in [1.807, 2.05) is 18.2 Å². The average molecular weight is 339 g/mol. The molecule has 17 heavy (non-hydrogen) atoms. The second kappa shape index (κ2) is 6.22. The molecule has 1 aromatic rings. The number of hydrogen-bond acceptors (Lipinski definition) is 4. The zero-order valence-electron chi connectivity index (χ0n) is 9.68. The van der Waals surface area contributed by atoms with Crippen molar-refractivity contribution >= 4 is 37.5 Å². The first-order valence-electron chi connectivity index (χ1n) is 5.07. The van der Waals surface area contributed by atoms with Crippen LogP contribution in [0.3, 0.4) is 0 Å². The predicted octanol–water partition coefficient (Wildman–Crippen LogP) is 2.64. The normalized spacial score (nSPS) is 13.6. The van der Waals surface area contributed by atoms with Crippen LogP contribution in [0.15, 0.2) is 27.6 Å². The molecule has 6 heteroatoms. The fourth-order valence-corrected chi connectivity index (χ4v) is 4.06. The molecule has 1 rings (SSSR count). The van der Waals surface area contributed by atoms with Gasteiger partial charge < -0.3 is 5.11 Å². The number of sulfone groups is 1. The van der Waals surface area contributed by atoms with E-state index in [2.05, 4.69) is 15.9 Å². The summed E-state index contributed by atoms with van der Waals surface area (Å²) in [5.74, 6) is 0.702. The number of aliphatic hydroxyl groups is 1. The predicted molar refractivity (Wildman–Crippen MR) is 75.2 cm³/mol. The molecular weight excluding hydrogens is 324 g/mol. The van der Waals surface area contributed by atoms with E-state index in [0.29, 0.717) is 5.75 Å². The largest absolute Gasteiger partial charge is 0.389 e. The molecule has 0 aliphatic carbocycles. The van der Waals surface area contributed by atoms with E-state index in [-0.39, 0.29) is 5.75 Å². The van der Waals surface area contributed by atoms with Crippen molar-refractivity contribution in [3.63, 3.8) is 0 Å². The molecule has 0 aliphatic rings. The third kappa shape index (κ3) is 5.42. The Morgan fingerprint density at radius 2 is 2.12 bits per heavy atom. The molecule has 0 amide bonds. The Morgan fingerprint density at radius 3 is 2.59 bits per heavy atom. The van der Waals surface area contributed by atoms with Crippen molar-refractivity contribution in [2.24, 2.45) is 0 Å². The minimum atomic E-state index is -2.90. The highest BCUT2D eigenvalue weighted by molar-refractivity contribution is 9.10. The highest BCUT2D eigenvalue weighted by Crippen LogP contribution is 2.30. The third-order valence-electron chi connectivity index (χ3n) is 2.15. The molecule has 0 spiro atoms. The van der Waals surface area contributed by atoms with Crippen molar-refractivity contribution in [1.82, 2.24) is 0 Å². The van der Waals surface area contributed by atoms with Crippen LogP contribution < -0.4 is 0 Å². The topological polar surface area (TPSA) is 54.4 Å². The minimum Gasteiger partial charge on any atom is -0.389 e. The van der Waals surface area contributed by atoms with Crippen molar-refractivity contribution in [3.05, 3.63) is 28.2 Å². The van der Waals surface area contributed by atoms with Gasteiger partial charge in [-0.3, -0.25) is 0 Å². The molecule has 0 bridgehead atoms. The van der Waals surface area contributed by atoms with E-state index < -0.39 is 15.9 Å². The van der Waals surface area contributed by atoms with Gasteiger partial charge in [0, 0.05) is 21.4 Å². The van der Waals surface area contributed by atoms with Crippen LogP contribution in [0.1, 0.15) is 18.6 Å². The zero-order chi connectivity index (χ0) is 13.1. The lowest BCUT2D eigenvalue weighted by atomic mass is 10.1. The van der Waals surface area contributed by atoms with Gasteiger partial charge in [-0.2, -0.15) is 0 Å². The number of hydrogen-bond donors (Lipinski definition) is 1. The second-order valence-corrected chi connectivity index (χ2v) is 8.10. The summed E-state index contributed by atoms with van der Waals surface area (Å²) in [7, 11) is -2.90. The summed E-state index contributed by atoms with van der Waals surface area (Å²) in [6.45, 7) is 1.71. The first-order valence-corrected chi connectivity index (χ1v) is 8.91. The maximum Gasteiger partial charge on any atom is 0.148 e. The summed E-state index contributed by atoms with van der Waals surface area (Å²) in [6, 6.07) is 5.59. The standard InChI is InChI=1S/C11H15BrO3S2/c1-8(13)9-3-4-11(10(12)7-9)16-5-6-17(2,14)15/h3-4,7-8,13H,5-6H2,1-2H3. The summed E-state index contributed by atoms with van der Waals surface area (Å²) in [4.78, 5) is 0.984. The number of rotatable bonds is 5. The third-order valence-corrected chi connectivity index (χ3v) is 5.35.